The summed E-state index contributed by atoms with van der Waals surface area (Å²) in [6.07, 6.45) is 0.382. The molecule has 1 fully saturated rings. The van der Waals surface area contributed by atoms with Crippen LogP contribution in [-0.2, 0) is 9.59 Å². The van der Waals surface area contributed by atoms with Crippen LogP contribution in [0.1, 0.15) is 13.3 Å². The smallest absolute Gasteiger partial charge is 0.311 e. The number of hydrogen-bond donors (Lipinski definition) is 2. The fourth-order valence-corrected chi connectivity index (χ4v) is 2.10. The van der Waals surface area contributed by atoms with Gasteiger partial charge >= 0.3 is 5.69 Å². The van der Waals surface area contributed by atoms with Gasteiger partial charge in [0.25, 0.3) is 0 Å². The van der Waals surface area contributed by atoms with Gasteiger partial charge in [0, 0.05) is 6.07 Å². The van der Waals surface area contributed by atoms with E-state index in [-0.39, 0.29) is 23.9 Å². The number of piperazine rings is 1. The van der Waals surface area contributed by atoms with Crippen molar-refractivity contribution in [2.75, 3.05) is 17.2 Å². The molecular weight excluding hydrogens is 266 g/mol. The lowest BCUT2D eigenvalue weighted by molar-refractivity contribution is -0.384. The first-order valence-corrected chi connectivity index (χ1v) is 5.95. The van der Waals surface area contributed by atoms with E-state index < -0.39 is 22.8 Å². The summed E-state index contributed by atoms with van der Waals surface area (Å²) in [5, 5.41) is 13.2. The van der Waals surface area contributed by atoms with Crippen molar-refractivity contribution in [1.82, 2.24) is 10.3 Å². The fourth-order valence-electron chi connectivity index (χ4n) is 2.10. The molecule has 0 aromatic carbocycles. The second-order valence-electron chi connectivity index (χ2n) is 4.30. The zero-order chi connectivity index (χ0) is 14.9. The Bertz CT molecular complexity index is 588. The van der Waals surface area contributed by atoms with Crippen molar-refractivity contribution in [3.63, 3.8) is 0 Å². The van der Waals surface area contributed by atoms with E-state index in [0.29, 0.717) is 6.42 Å². The van der Waals surface area contributed by atoms with Gasteiger partial charge in [0.2, 0.25) is 17.6 Å². The van der Waals surface area contributed by atoms with Gasteiger partial charge in [-0.2, -0.15) is 0 Å². The van der Waals surface area contributed by atoms with Crippen molar-refractivity contribution >= 4 is 29.1 Å². The molecular formula is C11H13N5O4. The number of nitro groups is 1. The molecule has 0 spiro atoms. The Morgan fingerprint density at radius 2 is 2.25 bits per heavy atom. The molecule has 9 heteroatoms. The molecule has 1 aromatic heterocycles. The van der Waals surface area contributed by atoms with Crippen molar-refractivity contribution in [2.24, 2.45) is 0 Å². The third-order valence-corrected chi connectivity index (χ3v) is 2.99. The van der Waals surface area contributed by atoms with Gasteiger partial charge in [-0.15, -0.1) is 0 Å². The summed E-state index contributed by atoms with van der Waals surface area (Å²) in [6, 6.07) is 1.82. The summed E-state index contributed by atoms with van der Waals surface area (Å²) in [5.41, 5.74) is 5.25. The van der Waals surface area contributed by atoms with Crippen LogP contribution in [0, 0.1) is 10.1 Å². The van der Waals surface area contributed by atoms with Crippen LogP contribution < -0.4 is 16.0 Å². The first-order chi connectivity index (χ1) is 9.43. The summed E-state index contributed by atoms with van der Waals surface area (Å²) in [4.78, 5) is 38.9. The van der Waals surface area contributed by atoms with Crippen molar-refractivity contribution in [2.45, 2.75) is 19.4 Å². The molecule has 0 bridgehead atoms. The Morgan fingerprint density at radius 1 is 1.55 bits per heavy atom. The van der Waals surface area contributed by atoms with Gasteiger partial charge in [0.15, 0.2) is 0 Å². The number of nitrogen functional groups attached to an aromatic ring is 1. The molecule has 1 aliphatic heterocycles. The molecule has 9 nitrogen and oxygen atoms in total. The quantitative estimate of drug-likeness (QED) is 0.445. The lowest BCUT2D eigenvalue weighted by Gasteiger charge is -2.33. The number of hydrogen-bond acceptors (Lipinski definition) is 7. The van der Waals surface area contributed by atoms with E-state index in [1.165, 1.54) is 17.0 Å². The number of nitrogens with one attached hydrogen (secondary N) is 1. The molecule has 20 heavy (non-hydrogen) atoms. The molecule has 1 unspecified atom stereocenters. The van der Waals surface area contributed by atoms with E-state index in [0.717, 1.165) is 0 Å². The van der Waals surface area contributed by atoms with Gasteiger partial charge in [0.05, 0.1) is 11.5 Å². The van der Waals surface area contributed by atoms with Crippen molar-refractivity contribution in [3.8, 4) is 0 Å². The maximum atomic E-state index is 11.8. The minimum Gasteiger partial charge on any atom is -0.384 e. The van der Waals surface area contributed by atoms with Gasteiger partial charge < -0.3 is 10.6 Å². The number of rotatable bonds is 3. The molecule has 0 aliphatic carbocycles. The SMILES string of the molecule is CCC1C(=O)NC(=O)CN1c1nc(N)ccc1[N+](=O)[O-]. The van der Waals surface area contributed by atoms with E-state index in [1.54, 1.807) is 6.92 Å². The third kappa shape index (κ3) is 2.37. The number of amides is 2. The normalized spacial score (nSPS) is 18.9. The molecule has 0 saturated carbocycles. The molecule has 106 valence electrons. The standard InChI is InChI=1S/C11H13N5O4/c1-2-6-11(18)14-9(17)5-15(6)10-7(16(19)20)3-4-8(12)13-10/h3-4,6H,2,5H2,1H3,(H2,12,13)(H,14,17,18). The third-order valence-electron chi connectivity index (χ3n) is 2.99. The average Bonchev–Trinajstić information content (AvgIpc) is 2.37. The number of nitrogens with zero attached hydrogens (tertiary/aromatic N) is 3. The highest BCUT2D eigenvalue weighted by Gasteiger charge is 2.36. The number of nitrogens with two attached hydrogens (primary N) is 1. The Labute approximate surface area is 113 Å². The highest BCUT2D eigenvalue weighted by Crippen LogP contribution is 2.29. The van der Waals surface area contributed by atoms with Crippen LogP contribution in [0.5, 0.6) is 0 Å². The Morgan fingerprint density at radius 3 is 2.85 bits per heavy atom. The second-order valence-corrected chi connectivity index (χ2v) is 4.30. The van der Waals surface area contributed by atoms with E-state index >= 15 is 0 Å². The first-order valence-electron chi connectivity index (χ1n) is 5.95. The maximum absolute atomic E-state index is 11.8. The van der Waals surface area contributed by atoms with E-state index in [1.807, 2.05) is 0 Å². The maximum Gasteiger partial charge on any atom is 0.311 e. The molecule has 3 N–H and O–H groups in total. The van der Waals surface area contributed by atoms with Gasteiger partial charge in [-0.25, -0.2) is 4.98 Å². The second kappa shape index (κ2) is 5.11. The lowest BCUT2D eigenvalue weighted by atomic mass is 10.1. The number of anilines is 2. The largest absolute Gasteiger partial charge is 0.384 e. The molecule has 1 aliphatic rings. The molecule has 1 atom stereocenters. The van der Waals surface area contributed by atoms with Crippen LogP contribution >= 0.6 is 0 Å². The first kappa shape index (κ1) is 13.7. The number of pyridine rings is 1. The van der Waals surface area contributed by atoms with Gasteiger partial charge in [0.1, 0.15) is 11.9 Å². The van der Waals surface area contributed by atoms with Gasteiger partial charge in [-0.1, -0.05) is 6.92 Å². The Balaban J connectivity index is 2.52. The summed E-state index contributed by atoms with van der Waals surface area (Å²) < 4.78 is 0. The van der Waals surface area contributed by atoms with Gasteiger partial charge in [-0.05, 0) is 12.5 Å². The minimum absolute atomic E-state index is 0.0648. The molecule has 1 aromatic rings. The van der Waals surface area contributed by atoms with Crippen LogP contribution in [0.2, 0.25) is 0 Å². The van der Waals surface area contributed by atoms with Crippen molar-refractivity contribution in [1.29, 1.82) is 0 Å². The molecule has 2 amide bonds. The molecule has 2 rings (SSSR count). The number of aromatic nitrogens is 1. The predicted octanol–water partition coefficient (Wildman–Crippen LogP) is -0.187. The van der Waals surface area contributed by atoms with Crippen molar-refractivity contribution in [3.05, 3.63) is 22.2 Å². The topological polar surface area (TPSA) is 131 Å². The van der Waals surface area contributed by atoms with Gasteiger partial charge in [-0.3, -0.25) is 25.0 Å². The van der Waals surface area contributed by atoms with Crippen LogP contribution in [0.25, 0.3) is 0 Å². The molecule has 0 radical (unpaired) electrons. The zero-order valence-corrected chi connectivity index (χ0v) is 10.7. The summed E-state index contributed by atoms with van der Waals surface area (Å²) in [6.45, 7) is 1.56. The number of carbonyl (C=O) groups excluding carboxylic acids is 2. The molecule has 2 heterocycles. The number of carbonyl (C=O) groups is 2. The average molecular weight is 279 g/mol. The van der Waals surface area contributed by atoms with Crippen LogP contribution in [0.15, 0.2) is 12.1 Å². The zero-order valence-electron chi connectivity index (χ0n) is 10.7. The predicted molar refractivity (Wildman–Crippen MR) is 69.9 cm³/mol. The van der Waals surface area contributed by atoms with E-state index in [4.69, 9.17) is 5.73 Å². The highest BCUT2D eigenvalue weighted by atomic mass is 16.6. The monoisotopic (exact) mass is 279 g/mol. The van der Waals surface area contributed by atoms with E-state index in [2.05, 4.69) is 10.3 Å². The number of imide groups is 1. The van der Waals surface area contributed by atoms with Crippen LogP contribution in [-0.4, -0.2) is 34.3 Å². The Hall–Kier alpha value is -2.71. The highest BCUT2D eigenvalue weighted by molar-refractivity contribution is 6.04. The van der Waals surface area contributed by atoms with Crippen LogP contribution in [0.3, 0.4) is 0 Å². The lowest BCUT2D eigenvalue weighted by Crippen LogP contribution is -2.58. The molecule has 1 saturated heterocycles. The fraction of sp³-hybridized carbons (Fsp3) is 0.364. The minimum atomic E-state index is -0.694. The van der Waals surface area contributed by atoms with E-state index in [9.17, 15) is 19.7 Å². The summed E-state index contributed by atoms with van der Waals surface area (Å²) in [5.74, 6) is -1.01. The Kier molecular flexibility index (Phi) is 3.51. The van der Waals surface area contributed by atoms with Crippen LogP contribution in [0.4, 0.5) is 17.3 Å². The van der Waals surface area contributed by atoms with Crippen molar-refractivity contribution < 1.29 is 14.5 Å². The summed E-state index contributed by atoms with van der Waals surface area (Å²) >= 11 is 0. The summed E-state index contributed by atoms with van der Waals surface area (Å²) in [7, 11) is 0.